The Morgan fingerprint density at radius 1 is 1.21 bits per heavy atom. The number of alkyl halides is 2. The van der Waals surface area contributed by atoms with Crippen LogP contribution in [-0.2, 0) is 11.3 Å². The highest BCUT2D eigenvalue weighted by atomic mass is 19.3. The zero-order valence-corrected chi connectivity index (χ0v) is 13.1. The molecule has 0 aliphatic carbocycles. The van der Waals surface area contributed by atoms with Crippen molar-refractivity contribution >= 4 is 11.6 Å². The molecule has 1 aliphatic heterocycles. The molecule has 1 aromatic carbocycles. The number of nitrogens with zero attached hydrogens (tertiary/aromatic N) is 1. The second-order valence-corrected chi connectivity index (χ2v) is 5.56. The van der Waals surface area contributed by atoms with E-state index in [1.165, 1.54) is 18.2 Å². The molecule has 1 amide bonds. The third-order valence-corrected chi connectivity index (χ3v) is 3.32. The van der Waals surface area contributed by atoms with Gasteiger partial charge in [0.2, 0.25) is 5.91 Å². The lowest BCUT2D eigenvalue weighted by Crippen LogP contribution is -2.29. The summed E-state index contributed by atoms with van der Waals surface area (Å²) in [7, 11) is 1.78. The molecule has 2 heterocycles. The van der Waals surface area contributed by atoms with E-state index in [0.29, 0.717) is 12.2 Å². The summed E-state index contributed by atoms with van der Waals surface area (Å²) in [6.45, 7) is 2.44. The predicted octanol–water partition coefficient (Wildman–Crippen LogP) is 2.98. The van der Waals surface area contributed by atoms with Crippen molar-refractivity contribution in [2.45, 2.75) is 19.8 Å². The fourth-order valence-electron chi connectivity index (χ4n) is 2.36. The molecule has 3 rings (SSSR count). The average Bonchev–Trinajstić information content (AvgIpc) is 2.99. The number of likely N-dealkylation sites (N-methyl/N-ethyl adjacent to an activating group) is 1. The molecule has 6 nitrogen and oxygen atoms in total. The van der Waals surface area contributed by atoms with Gasteiger partial charge in [-0.05, 0) is 38.2 Å². The molecule has 0 atom stereocenters. The van der Waals surface area contributed by atoms with Crippen molar-refractivity contribution in [3.63, 3.8) is 0 Å². The average molecular weight is 338 g/mol. The molecule has 2 aromatic rings. The van der Waals surface area contributed by atoms with Crippen molar-refractivity contribution < 1.29 is 27.5 Å². The van der Waals surface area contributed by atoms with Crippen LogP contribution in [-0.4, -0.2) is 30.7 Å². The highest BCUT2D eigenvalue weighted by Crippen LogP contribution is 2.42. The predicted molar refractivity (Wildman–Crippen MR) is 81.1 cm³/mol. The van der Waals surface area contributed by atoms with Gasteiger partial charge in [0.05, 0.1) is 13.1 Å². The number of furan rings is 1. The Balaban J connectivity index is 1.55. The van der Waals surface area contributed by atoms with Crippen LogP contribution in [0.4, 0.5) is 14.5 Å². The monoisotopic (exact) mass is 338 g/mol. The molecule has 0 unspecified atom stereocenters. The number of amides is 1. The SMILES string of the molecule is Cc1ccc(CN(C)CC(=O)Nc2ccc3c(c2)OC(F)(F)O3)o1. The standard InChI is InChI=1S/C16H16F2N2O4/c1-10-3-5-12(22-10)8-20(2)9-15(21)19-11-4-6-13-14(7-11)24-16(17,18)23-13/h3-7H,8-9H2,1-2H3,(H,19,21). The molecule has 128 valence electrons. The minimum atomic E-state index is -3.67. The van der Waals surface area contributed by atoms with Crippen molar-refractivity contribution in [3.8, 4) is 11.5 Å². The second kappa shape index (κ2) is 6.12. The summed E-state index contributed by atoms with van der Waals surface area (Å²) in [5, 5.41) is 2.63. The molecular formula is C16H16F2N2O4. The van der Waals surface area contributed by atoms with Gasteiger partial charge in [-0.3, -0.25) is 9.69 Å². The number of halogens is 2. The van der Waals surface area contributed by atoms with Gasteiger partial charge in [-0.1, -0.05) is 0 Å². The largest absolute Gasteiger partial charge is 0.586 e. The van der Waals surface area contributed by atoms with Crippen LogP contribution < -0.4 is 14.8 Å². The summed E-state index contributed by atoms with van der Waals surface area (Å²) in [4.78, 5) is 13.8. The quantitative estimate of drug-likeness (QED) is 0.908. The normalized spacial score (nSPS) is 14.9. The van der Waals surface area contributed by atoms with E-state index in [4.69, 9.17) is 4.42 Å². The van der Waals surface area contributed by atoms with Crippen molar-refractivity contribution in [2.75, 3.05) is 18.9 Å². The number of carbonyl (C=O) groups is 1. The van der Waals surface area contributed by atoms with Gasteiger partial charge in [-0.25, -0.2) is 0 Å². The van der Waals surface area contributed by atoms with Gasteiger partial charge < -0.3 is 19.2 Å². The molecule has 0 spiro atoms. The van der Waals surface area contributed by atoms with Crippen molar-refractivity contribution in [2.24, 2.45) is 0 Å². The highest BCUT2D eigenvalue weighted by Gasteiger charge is 2.43. The molecule has 0 radical (unpaired) electrons. The smallest absolute Gasteiger partial charge is 0.465 e. The van der Waals surface area contributed by atoms with Crippen LogP contribution in [0.1, 0.15) is 11.5 Å². The molecule has 0 bridgehead atoms. The van der Waals surface area contributed by atoms with E-state index in [0.717, 1.165) is 11.5 Å². The zero-order chi connectivity index (χ0) is 17.3. The summed E-state index contributed by atoms with van der Waals surface area (Å²) in [6.07, 6.45) is -3.67. The van der Waals surface area contributed by atoms with Gasteiger partial charge >= 0.3 is 6.29 Å². The Morgan fingerprint density at radius 3 is 2.67 bits per heavy atom. The lowest BCUT2D eigenvalue weighted by Gasteiger charge is -2.15. The van der Waals surface area contributed by atoms with Crippen LogP contribution >= 0.6 is 0 Å². The van der Waals surface area contributed by atoms with Crippen LogP contribution in [0.3, 0.4) is 0 Å². The molecule has 1 N–H and O–H groups in total. The molecule has 0 fully saturated rings. The Bertz CT molecular complexity index is 760. The number of nitrogens with one attached hydrogen (secondary N) is 1. The summed E-state index contributed by atoms with van der Waals surface area (Å²) in [6, 6.07) is 7.79. The van der Waals surface area contributed by atoms with Crippen LogP contribution in [0, 0.1) is 6.92 Å². The van der Waals surface area contributed by atoms with Crippen LogP contribution in [0.2, 0.25) is 0 Å². The van der Waals surface area contributed by atoms with Crippen molar-refractivity contribution in [1.82, 2.24) is 4.90 Å². The van der Waals surface area contributed by atoms with E-state index >= 15 is 0 Å². The van der Waals surface area contributed by atoms with Gasteiger partial charge in [0, 0.05) is 11.8 Å². The number of hydrogen-bond acceptors (Lipinski definition) is 5. The van der Waals surface area contributed by atoms with E-state index in [2.05, 4.69) is 14.8 Å². The maximum atomic E-state index is 13.0. The highest BCUT2D eigenvalue weighted by molar-refractivity contribution is 5.92. The van der Waals surface area contributed by atoms with Crippen LogP contribution in [0.15, 0.2) is 34.7 Å². The minimum Gasteiger partial charge on any atom is -0.465 e. The Kier molecular flexibility index (Phi) is 4.15. The van der Waals surface area contributed by atoms with Crippen LogP contribution in [0.25, 0.3) is 0 Å². The number of ether oxygens (including phenoxy) is 2. The first-order valence-electron chi connectivity index (χ1n) is 7.24. The fraction of sp³-hybridized carbons (Fsp3) is 0.312. The number of hydrogen-bond donors (Lipinski definition) is 1. The lowest BCUT2D eigenvalue weighted by molar-refractivity contribution is -0.286. The van der Waals surface area contributed by atoms with Gasteiger partial charge in [-0.2, -0.15) is 0 Å². The molecule has 0 saturated heterocycles. The molecular weight excluding hydrogens is 322 g/mol. The number of carbonyl (C=O) groups excluding carboxylic acids is 1. The number of benzene rings is 1. The second-order valence-electron chi connectivity index (χ2n) is 5.56. The third-order valence-electron chi connectivity index (χ3n) is 3.32. The maximum Gasteiger partial charge on any atom is 0.586 e. The first-order chi connectivity index (χ1) is 11.3. The first-order valence-corrected chi connectivity index (χ1v) is 7.24. The number of fused-ring (bicyclic) bond motifs is 1. The maximum absolute atomic E-state index is 13.0. The van der Waals surface area contributed by atoms with Crippen molar-refractivity contribution in [3.05, 3.63) is 41.9 Å². The summed E-state index contributed by atoms with van der Waals surface area (Å²) in [5.41, 5.74) is 0.349. The Hall–Kier alpha value is -2.61. The van der Waals surface area contributed by atoms with E-state index in [1.807, 2.05) is 19.1 Å². The van der Waals surface area contributed by atoms with Crippen molar-refractivity contribution in [1.29, 1.82) is 0 Å². The summed E-state index contributed by atoms with van der Waals surface area (Å²) in [5.74, 6) is 1.10. The van der Waals surface area contributed by atoms with Gasteiger partial charge in [0.15, 0.2) is 11.5 Å². The van der Waals surface area contributed by atoms with Gasteiger partial charge in [0.1, 0.15) is 11.5 Å². The number of rotatable bonds is 5. The fourth-order valence-corrected chi connectivity index (χ4v) is 2.36. The topological polar surface area (TPSA) is 63.9 Å². The van der Waals surface area contributed by atoms with E-state index in [1.54, 1.807) is 11.9 Å². The molecule has 0 saturated carbocycles. The summed E-state index contributed by atoms with van der Waals surface area (Å²) < 4.78 is 40.0. The molecule has 1 aromatic heterocycles. The molecule has 1 aliphatic rings. The summed E-state index contributed by atoms with van der Waals surface area (Å²) >= 11 is 0. The van der Waals surface area contributed by atoms with E-state index in [-0.39, 0.29) is 24.0 Å². The van der Waals surface area contributed by atoms with E-state index < -0.39 is 6.29 Å². The lowest BCUT2D eigenvalue weighted by atomic mass is 10.2. The number of aryl methyl sites for hydroxylation is 1. The van der Waals surface area contributed by atoms with Crippen LogP contribution in [0.5, 0.6) is 11.5 Å². The third kappa shape index (κ3) is 3.83. The Morgan fingerprint density at radius 2 is 1.96 bits per heavy atom. The minimum absolute atomic E-state index is 0.0664. The first kappa shape index (κ1) is 16.3. The molecule has 24 heavy (non-hydrogen) atoms. The van der Waals surface area contributed by atoms with Gasteiger partial charge in [0.25, 0.3) is 0 Å². The van der Waals surface area contributed by atoms with Gasteiger partial charge in [-0.15, -0.1) is 8.78 Å². The van der Waals surface area contributed by atoms with E-state index in [9.17, 15) is 13.6 Å². The zero-order valence-electron chi connectivity index (χ0n) is 13.1. The Labute approximate surface area is 136 Å². The number of anilines is 1. The molecule has 8 heteroatoms.